The molecule has 0 fully saturated rings. The molecule has 0 atom stereocenters. The van der Waals surface area contributed by atoms with Crippen molar-refractivity contribution < 1.29 is 4.79 Å². The molecule has 5 heteroatoms. The maximum Gasteiger partial charge on any atom is 0.252 e. The number of rotatable bonds is 7. The molecule has 0 aliphatic rings. The third-order valence-electron chi connectivity index (χ3n) is 3.20. The molecule has 0 radical (unpaired) electrons. The molecule has 116 valence electrons. The van der Waals surface area contributed by atoms with E-state index in [1.807, 2.05) is 30.3 Å². The third-order valence-corrected chi connectivity index (χ3v) is 3.73. The molecule has 0 spiro atoms. The quantitative estimate of drug-likeness (QED) is 0.713. The molecule has 2 rings (SSSR count). The number of nitrogens with zero attached hydrogens (tertiary/aromatic N) is 1. The molecule has 0 aliphatic carbocycles. The van der Waals surface area contributed by atoms with Gasteiger partial charge in [-0.3, -0.25) is 9.78 Å². The van der Waals surface area contributed by atoms with E-state index in [4.69, 9.17) is 0 Å². The van der Waals surface area contributed by atoms with Gasteiger partial charge in [-0.1, -0.05) is 35.7 Å². The van der Waals surface area contributed by atoms with Crippen LogP contribution in [0.1, 0.15) is 36.5 Å². The van der Waals surface area contributed by atoms with Crippen molar-refractivity contribution in [2.45, 2.75) is 26.2 Å². The molecule has 2 aromatic rings. The molecule has 0 unspecified atom stereocenters. The van der Waals surface area contributed by atoms with E-state index in [-0.39, 0.29) is 5.91 Å². The van der Waals surface area contributed by atoms with E-state index in [2.05, 4.69) is 38.5 Å². The predicted octanol–water partition coefficient (Wildman–Crippen LogP) is 4.51. The van der Waals surface area contributed by atoms with Gasteiger partial charge in [0, 0.05) is 22.9 Å². The number of halogens is 1. The monoisotopic (exact) mass is 361 g/mol. The number of carbonyl (C=O) groups is 1. The molecule has 1 amide bonds. The van der Waals surface area contributed by atoms with Crippen LogP contribution in [0.2, 0.25) is 0 Å². The van der Waals surface area contributed by atoms with Gasteiger partial charge in [-0.05, 0) is 36.8 Å². The van der Waals surface area contributed by atoms with Gasteiger partial charge in [-0.25, -0.2) is 0 Å². The summed E-state index contributed by atoms with van der Waals surface area (Å²) in [6, 6.07) is 9.65. The highest BCUT2D eigenvalue weighted by Crippen LogP contribution is 2.19. The van der Waals surface area contributed by atoms with Gasteiger partial charge in [-0.2, -0.15) is 0 Å². The molecule has 2 N–H and O–H groups in total. The van der Waals surface area contributed by atoms with Crippen LogP contribution >= 0.6 is 15.9 Å². The van der Waals surface area contributed by atoms with Crippen LogP contribution in [0.4, 0.5) is 11.4 Å². The average molecular weight is 362 g/mol. The summed E-state index contributed by atoms with van der Waals surface area (Å²) in [6.45, 7) is 2.85. The molecule has 0 saturated heterocycles. The molecule has 22 heavy (non-hydrogen) atoms. The first-order chi connectivity index (χ1) is 10.7. The number of hydrogen-bond acceptors (Lipinski definition) is 3. The van der Waals surface area contributed by atoms with Crippen molar-refractivity contribution in [3.8, 4) is 0 Å². The molecule has 0 aliphatic heterocycles. The maximum atomic E-state index is 12.1. The van der Waals surface area contributed by atoms with Gasteiger partial charge in [0.2, 0.25) is 0 Å². The van der Waals surface area contributed by atoms with Crippen LogP contribution in [-0.4, -0.2) is 17.4 Å². The molecular weight excluding hydrogens is 342 g/mol. The van der Waals surface area contributed by atoms with Crippen molar-refractivity contribution in [1.82, 2.24) is 10.3 Å². The minimum atomic E-state index is -0.0805. The number of benzene rings is 1. The summed E-state index contributed by atoms with van der Waals surface area (Å²) in [4.78, 5) is 16.2. The van der Waals surface area contributed by atoms with E-state index in [9.17, 15) is 4.79 Å². The Balaban J connectivity index is 1.97. The first-order valence-corrected chi connectivity index (χ1v) is 8.24. The van der Waals surface area contributed by atoms with E-state index in [1.165, 1.54) is 0 Å². The topological polar surface area (TPSA) is 54.0 Å². The van der Waals surface area contributed by atoms with Crippen molar-refractivity contribution in [3.63, 3.8) is 0 Å². The Bertz CT molecular complexity index is 614. The first-order valence-electron chi connectivity index (χ1n) is 7.45. The molecule has 1 aromatic carbocycles. The number of amides is 1. The Kier molecular flexibility index (Phi) is 6.40. The Morgan fingerprint density at radius 2 is 1.91 bits per heavy atom. The van der Waals surface area contributed by atoms with E-state index in [0.717, 1.165) is 35.1 Å². The second-order valence-corrected chi connectivity index (χ2v) is 5.97. The van der Waals surface area contributed by atoms with Gasteiger partial charge in [-0.15, -0.1) is 0 Å². The number of pyridine rings is 1. The number of nitrogens with one attached hydrogen (secondary N) is 2. The fourth-order valence-electron chi connectivity index (χ4n) is 2.01. The highest BCUT2D eigenvalue weighted by molar-refractivity contribution is 9.10. The molecule has 0 saturated carbocycles. The van der Waals surface area contributed by atoms with Crippen LogP contribution < -0.4 is 10.6 Å². The number of carbonyl (C=O) groups excluding carboxylic acids is 1. The highest BCUT2D eigenvalue weighted by Gasteiger charge is 2.06. The lowest BCUT2D eigenvalue weighted by Gasteiger charge is -2.08. The van der Waals surface area contributed by atoms with Crippen molar-refractivity contribution in [3.05, 3.63) is 52.8 Å². The molecule has 4 nitrogen and oxygen atoms in total. The summed E-state index contributed by atoms with van der Waals surface area (Å²) >= 11 is 3.40. The second-order valence-electron chi connectivity index (χ2n) is 5.06. The Morgan fingerprint density at radius 1 is 1.14 bits per heavy atom. The zero-order valence-electron chi connectivity index (χ0n) is 12.6. The Hall–Kier alpha value is -1.88. The van der Waals surface area contributed by atoms with Crippen LogP contribution in [0.5, 0.6) is 0 Å². The zero-order valence-corrected chi connectivity index (χ0v) is 14.2. The SMILES string of the molecule is CCCCCNC(=O)c1cncc(Nc2ccc(Br)cc2)c1. The van der Waals surface area contributed by atoms with Crippen LogP contribution in [0.3, 0.4) is 0 Å². The largest absolute Gasteiger partial charge is 0.354 e. The van der Waals surface area contributed by atoms with Gasteiger partial charge in [0.05, 0.1) is 17.4 Å². The summed E-state index contributed by atoms with van der Waals surface area (Å²) in [5, 5.41) is 6.16. The Morgan fingerprint density at radius 3 is 2.64 bits per heavy atom. The summed E-state index contributed by atoms with van der Waals surface area (Å²) in [5.74, 6) is -0.0805. The smallest absolute Gasteiger partial charge is 0.252 e. The normalized spacial score (nSPS) is 10.3. The average Bonchev–Trinajstić information content (AvgIpc) is 2.54. The molecule has 1 heterocycles. The van der Waals surface area contributed by atoms with E-state index in [0.29, 0.717) is 12.1 Å². The standard InChI is InChI=1S/C17H20BrN3O/c1-2-3-4-9-20-17(22)13-10-16(12-19-11-13)21-15-7-5-14(18)6-8-15/h5-8,10-12,21H,2-4,9H2,1H3,(H,20,22). The third kappa shape index (κ3) is 5.15. The molecule has 0 bridgehead atoms. The predicted molar refractivity (Wildman–Crippen MR) is 93.5 cm³/mol. The van der Waals surface area contributed by atoms with Gasteiger partial charge in [0.1, 0.15) is 0 Å². The van der Waals surface area contributed by atoms with E-state index in [1.54, 1.807) is 12.4 Å². The van der Waals surface area contributed by atoms with Gasteiger partial charge in [0.15, 0.2) is 0 Å². The summed E-state index contributed by atoms with van der Waals surface area (Å²) in [5.41, 5.74) is 2.31. The Labute approximate surface area is 139 Å². The number of aromatic nitrogens is 1. The fourth-order valence-corrected chi connectivity index (χ4v) is 2.28. The van der Waals surface area contributed by atoms with Crippen LogP contribution in [0.15, 0.2) is 47.2 Å². The lowest BCUT2D eigenvalue weighted by atomic mass is 10.2. The maximum absolute atomic E-state index is 12.1. The fraction of sp³-hybridized carbons (Fsp3) is 0.294. The summed E-state index contributed by atoms with van der Waals surface area (Å²) < 4.78 is 1.02. The van der Waals surface area contributed by atoms with Crippen molar-refractivity contribution in [1.29, 1.82) is 0 Å². The summed E-state index contributed by atoms with van der Waals surface area (Å²) in [7, 11) is 0. The van der Waals surface area contributed by atoms with Crippen molar-refractivity contribution in [2.75, 3.05) is 11.9 Å². The van der Waals surface area contributed by atoms with Crippen molar-refractivity contribution >= 4 is 33.2 Å². The van der Waals surface area contributed by atoms with Gasteiger partial charge < -0.3 is 10.6 Å². The second kappa shape index (κ2) is 8.54. The highest BCUT2D eigenvalue weighted by atomic mass is 79.9. The lowest BCUT2D eigenvalue weighted by molar-refractivity contribution is 0.0952. The van der Waals surface area contributed by atoms with E-state index < -0.39 is 0 Å². The van der Waals surface area contributed by atoms with Gasteiger partial charge >= 0.3 is 0 Å². The zero-order chi connectivity index (χ0) is 15.8. The minimum Gasteiger partial charge on any atom is -0.354 e. The number of hydrogen-bond donors (Lipinski definition) is 2. The number of unbranched alkanes of at least 4 members (excludes halogenated alkanes) is 2. The lowest BCUT2D eigenvalue weighted by Crippen LogP contribution is -2.24. The molecule has 1 aromatic heterocycles. The molecular formula is C17H20BrN3O. The minimum absolute atomic E-state index is 0.0805. The van der Waals surface area contributed by atoms with E-state index >= 15 is 0 Å². The number of anilines is 2. The first kappa shape index (κ1) is 16.5. The summed E-state index contributed by atoms with van der Waals surface area (Å²) in [6.07, 6.45) is 6.57. The van der Waals surface area contributed by atoms with Crippen LogP contribution in [0.25, 0.3) is 0 Å². The van der Waals surface area contributed by atoms with Crippen LogP contribution in [-0.2, 0) is 0 Å². The van der Waals surface area contributed by atoms with Crippen molar-refractivity contribution in [2.24, 2.45) is 0 Å². The van der Waals surface area contributed by atoms with Gasteiger partial charge in [0.25, 0.3) is 5.91 Å². The van der Waals surface area contributed by atoms with Crippen LogP contribution in [0, 0.1) is 0 Å².